The highest BCUT2D eigenvalue weighted by Gasteiger charge is 2.54. The zero-order valence-corrected chi connectivity index (χ0v) is 15.4. The number of H-pyrrole nitrogens is 2. The van der Waals surface area contributed by atoms with E-state index in [0.717, 1.165) is 28.3 Å². The van der Waals surface area contributed by atoms with Crippen LogP contribution in [-0.4, -0.2) is 20.4 Å². The van der Waals surface area contributed by atoms with E-state index in [4.69, 9.17) is 5.73 Å². The van der Waals surface area contributed by atoms with Crippen LogP contribution in [0.2, 0.25) is 0 Å². The Balaban J connectivity index is 1.44. The SMILES string of the molecule is Nc1n[nH]c2ccc(C3Nc4ccc5[nH]ncc5c4C4C5CCC(C5)C34)cc12. The molecule has 2 saturated carbocycles. The lowest BCUT2D eigenvalue weighted by atomic mass is 9.67. The maximum atomic E-state index is 6.10. The molecular weight excluding hydrogens is 348 g/mol. The summed E-state index contributed by atoms with van der Waals surface area (Å²) in [4.78, 5) is 0. The molecular formula is C22H22N6. The second-order valence-electron chi connectivity index (χ2n) is 8.83. The van der Waals surface area contributed by atoms with Crippen LogP contribution in [0.15, 0.2) is 36.5 Å². The average Bonchev–Trinajstić information content (AvgIpc) is 3.51. The molecule has 0 radical (unpaired) electrons. The number of nitrogens with zero attached hydrogens (tertiary/aromatic N) is 2. The Morgan fingerprint density at radius 1 is 0.964 bits per heavy atom. The highest BCUT2D eigenvalue weighted by atomic mass is 15.1. The summed E-state index contributed by atoms with van der Waals surface area (Å²) in [6, 6.07) is 11.3. The maximum absolute atomic E-state index is 6.10. The van der Waals surface area contributed by atoms with Crippen molar-refractivity contribution in [1.29, 1.82) is 0 Å². The van der Waals surface area contributed by atoms with E-state index in [-0.39, 0.29) is 0 Å². The van der Waals surface area contributed by atoms with E-state index < -0.39 is 0 Å². The highest BCUT2D eigenvalue weighted by molar-refractivity contribution is 5.90. The number of nitrogens with two attached hydrogens (primary N) is 1. The van der Waals surface area contributed by atoms with Crippen LogP contribution in [0.3, 0.4) is 0 Å². The molecule has 2 aromatic heterocycles. The van der Waals surface area contributed by atoms with Crippen LogP contribution in [0.5, 0.6) is 0 Å². The predicted octanol–water partition coefficient (Wildman–Crippen LogP) is 4.32. The van der Waals surface area contributed by atoms with Gasteiger partial charge in [0.1, 0.15) is 0 Å². The number of nitrogen functional groups attached to an aromatic ring is 1. The van der Waals surface area contributed by atoms with Gasteiger partial charge in [0.25, 0.3) is 0 Å². The monoisotopic (exact) mass is 370 g/mol. The lowest BCUT2D eigenvalue weighted by Crippen LogP contribution is -2.35. The predicted molar refractivity (Wildman–Crippen MR) is 110 cm³/mol. The van der Waals surface area contributed by atoms with Gasteiger partial charge in [-0.15, -0.1) is 0 Å². The summed E-state index contributed by atoms with van der Waals surface area (Å²) in [6.45, 7) is 0. The normalized spacial score (nSPS) is 30.5. The number of hydrogen-bond donors (Lipinski definition) is 4. The maximum Gasteiger partial charge on any atom is 0.153 e. The van der Waals surface area contributed by atoms with Gasteiger partial charge < -0.3 is 11.1 Å². The quantitative estimate of drug-likeness (QED) is 0.401. The van der Waals surface area contributed by atoms with Crippen LogP contribution in [0.25, 0.3) is 21.8 Å². The van der Waals surface area contributed by atoms with E-state index in [9.17, 15) is 0 Å². The molecule has 0 spiro atoms. The molecule has 6 heteroatoms. The van der Waals surface area contributed by atoms with Crippen LogP contribution < -0.4 is 11.1 Å². The van der Waals surface area contributed by atoms with Gasteiger partial charge in [-0.25, -0.2) is 0 Å². The molecule has 140 valence electrons. The molecule has 2 fully saturated rings. The minimum Gasteiger partial charge on any atom is -0.382 e. The Morgan fingerprint density at radius 3 is 2.79 bits per heavy atom. The van der Waals surface area contributed by atoms with E-state index in [1.165, 1.54) is 41.5 Å². The van der Waals surface area contributed by atoms with Crippen molar-refractivity contribution in [2.75, 3.05) is 11.1 Å². The molecule has 28 heavy (non-hydrogen) atoms. The van der Waals surface area contributed by atoms with Crippen LogP contribution in [0, 0.1) is 17.8 Å². The van der Waals surface area contributed by atoms with E-state index in [1.54, 1.807) is 0 Å². The number of nitrogens with one attached hydrogen (secondary N) is 3. The van der Waals surface area contributed by atoms with Crippen molar-refractivity contribution in [3.05, 3.63) is 47.7 Å². The smallest absolute Gasteiger partial charge is 0.153 e. The fourth-order valence-corrected chi connectivity index (χ4v) is 6.58. The first kappa shape index (κ1) is 15.0. The average molecular weight is 370 g/mol. The summed E-state index contributed by atoms with van der Waals surface area (Å²) in [5, 5.41) is 20.9. The molecule has 1 aliphatic heterocycles. The molecule has 5 N–H and O–H groups in total. The molecule has 5 atom stereocenters. The Morgan fingerprint density at radius 2 is 1.82 bits per heavy atom. The summed E-state index contributed by atoms with van der Waals surface area (Å²) in [7, 11) is 0. The molecule has 2 aromatic carbocycles. The second-order valence-corrected chi connectivity index (χ2v) is 8.83. The van der Waals surface area contributed by atoms with Gasteiger partial charge in [0.15, 0.2) is 5.82 Å². The summed E-state index contributed by atoms with van der Waals surface area (Å²) in [6.07, 6.45) is 6.09. The van der Waals surface area contributed by atoms with E-state index in [0.29, 0.717) is 23.7 Å². The first-order chi connectivity index (χ1) is 13.8. The third kappa shape index (κ3) is 1.78. The minimum absolute atomic E-state index is 0.316. The number of hydrogen-bond acceptors (Lipinski definition) is 4. The van der Waals surface area contributed by atoms with Crippen LogP contribution in [0.4, 0.5) is 11.5 Å². The number of aromatic amines is 2. The fourth-order valence-electron chi connectivity index (χ4n) is 6.58. The molecule has 2 bridgehead atoms. The lowest BCUT2D eigenvalue weighted by molar-refractivity contribution is 0.249. The molecule has 6 nitrogen and oxygen atoms in total. The van der Waals surface area contributed by atoms with Gasteiger partial charge >= 0.3 is 0 Å². The van der Waals surface area contributed by atoms with Crippen LogP contribution in [0.1, 0.15) is 42.3 Å². The van der Waals surface area contributed by atoms with E-state index in [1.807, 2.05) is 6.20 Å². The lowest BCUT2D eigenvalue weighted by Gasteiger charge is -2.43. The van der Waals surface area contributed by atoms with Crippen molar-refractivity contribution in [1.82, 2.24) is 20.4 Å². The Kier molecular flexibility index (Phi) is 2.71. The van der Waals surface area contributed by atoms with E-state index >= 15 is 0 Å². The molecule has 5 unspecified atom stereocenters. The first-order valence-corrected chi connectivity index (χ1v) is 10.2. The number of benzene rings is 2. The number of anilines is 2. The van der Waals surface area contributed by atoms with Crippen molar-refractivity contribution >= 4 is 33.3 Å². The van der Waals surface area contributed by atoms with Gasteiger partial charge in [-0.1, -0.05) is 6.07 Å². The first-order valence-electron chi connectivity index (χ1n) is 10.2. The van der Waals surface area contributed by atoms with Crippen LogP contribution >= 0.6 is 0 Å². The zero-order chi connectivity index (χ0) is 18.4. The number of rotatable bonds is 1. The van der Waals surface area contributed by atoms with Crippen molar-refractivity contribution in [3.63, 3.8) is 0 Å². The molecule has 3 heterocycles. The van der Waals surface area contributed by atoms with Gasteiger partial charge in [0.05, 0.1) is 23.3 Å². The van der Waals surface area contributed by atoms with Gasteiger partial charge in [0.2, 0.25) is 0 Å². The largest absolute Gasteiger partial charge is 0.382 e. The molecule has 0 saturated heterocycles. The molecule has 7 rings (SSSR count). The summed E-state index contributed by atoms with van der Waals surface area (Å²) in [5.74, 6) is 3.40. The summed E-state index contributed by atoms with van der Waals surface area (Å²) in [5.41, 5.74) is 12.3. The number of fused-ring (bicyclic) bond motifs is 10. The third-order valence-electron chi connectivity index (χ3n) is 7.65. The van der Waals surface area contributed by atoms with Crippen LogP contribution in [-0.2, 0) is 0 Å². The molecule has 2 aliphatic carbocycles. The number of aromatic nitrogens is 4. The molecule has 3 aliphatic rings. The standard InChI is InChI=1S/C22H22N6/c23-22-13-8-12(3-4-15(13)27-28-22)21-19-11-2-1-10(7-11)18(19)20-14-9-24-26-16(14)5-6-17(20)25-21/h3-6,8-11,18-19,21,25H,1-2,7H2,(H,24,26)(H3,23,27,28). The van der Waals surface area contributed by atoms with E-state index in [2.05, 4.69) is 56.0 Å². The minimum atomic E-state index is 0.316. The van der Waals surface area contributed by atoms with Gasteiger partial charge in [-0.2, -0.15) is 10.2 Å². The zero-order valence-electron chi connectivity index (χ0n) is 15.4. The Labute approximate surface area is 161 Å². The van der Waals surface area contributed by atoms with Crippen molar-refractivity contribution in [2.45, 2.75) is 31.2 Å². The van der Waals surface area contributed by atoms with Gasteiger partial charge in [-0.3, -0.25) is 10.2 Å². The molecule has 4 aromatic rings. The third-order valence-corrected chi connectivity index (χ3v) is 7.65. The summed E-state index contributed by atoms with van der Waals surface area (Å²) < 4.78 is 0. The Bertz CT molecular complexity index is 1240. The second kappa shape index (κ2) is 5.07. The van der Waals surface area contributed by atoms with Crippen molar-refractivity contribution in [2.24, 2.45) is 17.8 Å². The molecule has 0 amide bonds. The van der Waals surface area contributed by atoms with Gasteiger partial charge in [0, 0.05) is 16.5 Å². The Hall–Kier alpha value is -3.02. The fraction of sp³-hybridized carbons (Fsp3) is 0.364. The van der Waals surface area contributed by atoms with Gasteiger partial charge in [-0.05, 0) is 78.3 Å². The highest BCUT2D eigenvalue weighted by Crippen LogP contribution is 2.64. The van der Waals surface area contributed by atoms with Crippen molar-refractivity contribution in [3.8, 4) is 0 Å². The van der Waals surface area contributed by atoms with Crippen molar-refractivity contribution < 1.29 is 0 Å². The topological polar surface area (TPSA) is 95.4 Å². The summed E-state index contributed by atoms with van der Waals surface area (Å²) >= 11 is 0.